The first-order valence-corrected chi connectivity index (χ1v) is 5.60. The number of nitrogens with one attached hydrogen (secondary N) is 1. The molecule has 1 N–H and O–H groups in total. The van der Waals surface area contributed by atoms with Gasteiger partial charge in [0.05, 0.1) is 6.54 Å². The second-order valence-corrected chi connectivity index (χ2v) is 4.14. The highest BCUT2D eigenvalue weighted by Crippen LogP contribution is 2.33. The molecule has 2 rings (SSSR count). The molecule has 0 saturated heterocycles. The van der Waals surface area contributed by atoms with E-state index in [1.807, 2.05) is 0 Å². The Morgan fingerprint density at radius 3 is 2.44 bits per heavy atom. The van der Waals surface area contributed by atoms with Crippen LogP contribution in [0.4, 0.5) is 13.2 Å². The first kappa shape index (κ1) is 13.0. The summed E-state index contributed by atoms with van der Waals surface area (Å²) in [6.45, 7) is 0.668. The quantitative estimate of drug-likeness (QED) is 0.902. The molecule has 1 aromatic rings. The van der Waals surface area contributed by atoms with Crippen molar-refractivity contribution in [3.05, 3.63) is 34.9 Å². The number of rotatable bonds is 2. The van der Waals surface area contributed by atoms with Crippen molar-refractivity contribution < 1.29 is 17.9 Å². The van der Waals surface area contributed by atoms with Crippen LogP contribution in [0.3, 0.4) is 0 Å². The minimum Gasteiger partial charge on any atom is -0.463 e. The van der Waals surface area contributed by atoms with Crippen LogP contribution in [0.5, 0.6) is 0 Å². The van der Waals surface area contributed by atoms with Crippen molar-refractivity contribution in [2.75, 3.05) is 13.2 Å². The summed E-state index contributed by atoms with van der Waals surface area (Å²) < 4.78 is 43.8. The fourth-order valence-corrected chi connectivity index (χ4v) is 1.68. The SMILES string of the molecule is FC(F)(F)C(NC1=NCCO1)c1ccc(Cl)cc1. The van der Waals surface area contributed by atoms with E-state index in [9.17, 15) is 13.2 Å². The van der Waals surface area contributed by atoms with E-state index in [1.54, 1.807) is 0 Å². The van der Waals surface area contributed by atoms with E-state index in [1.165, 1.54) is 24.3 Å². The maximum Gasteiger partial charge on any atom is 0.412 e. The minimum atomic E-state index is -4.44. The average molecular weight is 279 g/mol. The number of alkyl halides is 3. The molecule has 1 unspecified atom stereocenters. The second kappa shape index (κ2) is 5.06. The second-order valence-electron chi connectivity index (χ2n) is 3.71. The van der Waals surface area contributed by atoms with Gasteiger partial charge in [0.1, 0.15) is 6.61 Å². The first-order chi connectivity index (χ1) is 8.47. The third-order valence-electron chi connectivity index (χ3n) is 2.38. The molecule has 0 spiro atoms. The van der Waals surface area contributed by atoms with E-state index in [4.69, 9.17) is 16.3 Å². The van der Waals surface area contributed by atoms with Crippen LogP contribution < -0.4 is 5.32 Å². The minimum absolute atomic E-state index is 0.0603. The normalized spacial score (nSPS) is 17.0. The molecule has 1 aliphatic heterocycles. The molecule has 0 fully saturated rings. The summed E-state index contributed by atoms with van der Waals surface area (Å²) in [5, 5.41) is 2.63. The Hall–Kier alpha value is -1.43. The molecule has 1 atom stereocenters. The van der Waals surface area contributed by atoms with Crippen LogP contribution in [-0.2, 0) is 4.74 Å². The van der Waals surface area contributed by atoms with Crippen molar-refractivity contribution in [2.24, 2.45) is 4.99 Å². The molecule has 7 heteroatoms. The molecule has 1 aromatic carbocycles. The van der Waals surface area contributed by atoms with Gasteiger partial charge in [-0.15, -0.1) is 0 Å². The highest BCUT2D eigenvalue weighted by molar-refractivity contribution is 6.30. The zero-order valence-electron chi connectivity index (χ0n) is 9.17. The van der Waals surface area contributed by atoms with Crippen LogP contribution in [0.15, 0.2) is 29.3 Å². The van der Waals surface area contributed by atoms with Crippen molar-refractivity contribution in [2.45, 2.75) is 12.2 Å². The summed E-state index contributed by atoms with van der Waals surface area (Å²) in [6, 6.07) is 3.54. The molecule has 18 heavy (non-hydrogen) atoms. The van der Waals surface area contributed by atoms with Crippen LogP contribution in [0.1, 0.15) is 11.6 Å². The fraction of sp³-hybridized carbons (Fsp3) is 0.364. The number of halogens is 4. The van der Waals surface area contributed by atoms with Crippen LogP contribution in [0.25, 0.3) is 0 Å². The molecule has 0 amide bonds. The molecule has 1 aliphatic rings. The van der Waals surface area contributed by atoms with E-state index in [2.05, 4.69) is 10.3 Å². The molecule has 0 aliphatic carbocycles. The van der Waals surface area contributed by atoms with Gasteiger partial charge in [-0.2, -0.15) is 13.2 Å². The van der Waals surface area contributed by atoms with Gasteiger partial charge in [0.2, 0.25) is 0 Å². The van der Waals surface area contributed by atoms with Gasteiger partial charge in [-0.1, -0.05) is 23.7 Å². The number of nitrogens with zero attached hydrogens (tertiary/aromatic N) is 1. The predicted octanol–water partition coefficient (Wildman–Crippen LogP) is 2.92. The van der Waals surface area contributed by atoms with Gasteiger partial charge < -0.3 is 10.1 Å². The third-order valence-corrected chi connectivity index (χ3v) is 2.64. The smallest absolute Gasteiger partial charge is 0.412 e. The van der Waals surface area contributed by atoms with E-state index in [0.717, 1.165) is 0 Å². The van der Waals surface area contributed by atoms with E-state index >= 15 is 0 Å². The fourth-order valence-electron chi connectivity index (χ4n) is 1.56. The number of aliphatic imine (C=N–C) groups is 1. The molecule has 0 aromatic heterocycles. The maximum atomic E-state index is 13.0. The highest BCUT2D eigenvalue weighted by Gasteiger charge is 2.42. The van der Waals surface area contributed by atoms with Crippen molar-refractivity contribution in [1.29, 1.82) is 0 Å². The molecule has 1 heterocycles. The number of hydrogen-bond acceptors (Lipinski definition) is 3. The Morgan fingerprint density at radius 2 is 1.94 bits per heavy atom. The largest absolute Gasteiger partial charge is 0.463 e. The van der Waals surface area contributed by atoms with Crippen molar-refractivity contribution in [3.8, 4) is 0 Å². The predicted molar refractivity (Wildman–Crippen MR) is 61.6 cm³/mol. The lowest BCUT2D eigenvalue weighted by Gasteiger charge is -2.22. The molecule has 0 saturated carbocycles. The van der Waals surface area contributed by atoms with Crippen LogP contribution >= 0.6 is 11.6 Å². The highest BCUT2D eigenvalue weighted by atomic mass is 35.5. The zero-order valence-corrected chi connectivity index (χ0v) is 9.92. The van der Waals surface area contributed by atoms with Gasteiger partial charge in [-0.25, -0.2) is 4.99 Å². The molecule has 3 nitrogen and oxygen atoms in total. The third kappa shape index (κ3) is 3.07. The Labute approximate surface area is 107 Å². The van der Waals surface area contributed by atoms with Crippen molar-refractivity contribution in [3.63, 3.8) is 0 Å². The summed E-state index contributed by atoms with van der Waals surface area (Å²) in [7, 11) is 0. The van der Waals surface area contributed by atoms with E-state index in [0.29, 0.717) is 18.2 Å². The van der Waals surface area contributed by atoms with Crippen molar-refractivity contribution in [1.82, 2.24) is 5.32 Å². The lowest BCUT2D eigenvalue weighted by atomic mass is 10.1. The van der Waals surface area contributed by atoms with Crippen LogP contribution in [0, 0.1) is 0 Å². The summed E-state index contributed by atoms with van der Waals surface area (Å²) >= 11 is 5.65. The topological polar surface area (TPSA) is 33.6 Å². The lowest BCUT2D eigenvalue weighted by Crippen LogP contribution is -2.38. The summed E-state index contributed by atoms with van der Waals surface area (Å²) in [4.78, 5) is 3.79. The van der Waals surface area contributed by atoms with Crippen LogP contribution in [-0.4, -0.2) is 25.3 Å². The van der Waals surface area contributed by atoms with Gasteiger partial charge >= 0.3 is 6.18 Å². The molecule has 0 bridgehead atoms. The summed E-state index contributed by atoms with van der Waals surface area (Å²) in [5.41, 5.74) is 0.0603. The molecule has 98 valence electrons. The Kier molecular flexibility index (Phi) is 3.65. The van der Waals surface area contributed by atoms with Gasteiger partial charge in [-0.3, -0.25) is 0 Å². The average Bonchev–Trinajstić information content (AvgIpc) is 2.79. The summed E-state index contributed by atoms with van der Waals surface area (Å²) in [5.74, 6) is 0. The zero-order chi connectivity index (χ0) is 13.2. The van der Waals surface area contributed by atoms with Crippen LogP contribution in [0.2, 0.25) is 5.02 Å². The van der Waals surface area contributed by atoms with Gasteiger partial charge in [0.15, 0.2) is 6.04 Å². The summed E-state index contributed by atoms with van der Waals surface area (Å²) in [6.07, 6.45) is -4.44. The number of amidine groups is 1. The molecular formula is C11H10ClF3N2O. The number of hydrogen-bond donors (Lipinski definition) is 1. The van der Waals surface area contributed by atoms with Crippen molar-refractivity contribution >= 4 is 17.6 Å². The number of benzene rings is 1. The van der Waals surface area contributed by atoms with Gasteiger partial charge in [0.25, 0.3) is 6.02 Å². The monoisotopic (exact) mass is 278 g/mol. The Morgan fingerprint density at radius 1 is 1.28 bits per heavy atom. The van der Waals surface area contributed by atoms with Gasteiger partial charge in [0, 0.05) is 5.02 Å². The molecular weight excluding hydrogens is 269 g/mol. The first-order valence-electron chi connectivity index (χ1n) is 5.23. The maximum absolute atomic E-state index is 13.0. The Balaban J connectivity index is 2.22. The van der Waals surface area contributed by atoms with Gasteiger partial charge in [-0.05, 0) is 17.7 Å². The standard InChI is InChI=1S/C11H10ClF3N2O/c12-8-3-1-7(2-4-8)9(11(13,14)15)17-10-16-5-6-18-10/h1-4,9H,5-6H2,(H,16,17). The van der Waals surface area contributed by atoms with E-state index < -0.39 is 12.2 Å². The molecule has 0 radical (unpaired) electrons. The van der Waals surface area contributed by atoms with E-state index in [-0.39, 0.29) is 11.6 Å². The Bertz CT molecular complexity index is 445. The lowest BCUT2D eigenvalue weighted by molar-refractivity contribution is -0.154. The number of ether oxygens (including phenoxy) is 1.